The van der Waals surface area contributed by atoms with Crippen molar-refractivity contribution in [3.05, 3.63) is 0 Å². The van der Waals surface area contributed by atoms with Crippen molar-refractivity contribution in [1.29, 1.82) is 0 Å². The van der Waals surface area contributed by atoms with Gasteiger partial charge in [0, 0.05) is 45.1 Å². The normalized spacial score (nSPS) is 33.5. The van der Waals surface area contributed by atoms with E-state index in [1.54, 1.807) is 18.7 Å². The summed E-state index contributed by atoms with van der Waals surface area (Å²) in [6, 6.07) is 0. The van der Waals surface area contributed by atoms with E-state index in [1.165, 1.54) is 0 Å². The van der Waals surface area contributed by atoms with Gasteiger partial charge in [0.25, 0.3) is 0 Å². The van der Waals surface area contributed by atoms with Crippen LogP contribution in [-0.4, -0.2) is 140 Å². The molecule has 0 aromatic heterocycles. The molecule has 0 spiro atoms. The molecule has 2 rings (SSSR count). The Kier molecular flexibility index (Phi) is 16.9. The van der Waals surface area contributed by atoms with Crippen LogP contribution in [0.3, 0.4) is 0 Å². The summed E-state index contributed by atoms with van der Waals surface area (Å²) in [5.41, 5.74) is 0. The fourth-order valence-electron chi connectivity index (χ4n) is 5.42. The molecule has 1 saturated carbocycles. The summed E-state index contributed by atoms with van der Waals surface area (Å²) in [5.74, 6) is -0.498. The van der Waals surface area contributed by atoms with Crippen molar-refractivity contribution in [2.24, 2.45) is 5.92 Å². The number of aliphatic hydroxyl groups is 7. The van der Waals surface area contributed by atoms with Gasteiger partial charge in [-0.2, -0.15) is 0 Å². The smallest absolute Gasteiger partial charge is 0.222 e. The van der Waals surface area contributed by atoms with Crippen molar-refractivity contribution < 1.29 is 59.5 Å². The molecule has 1 aliphatic carbocycles. The van der Waals surface area contributed by atoms with Crippen molar-refractivity contribution >= 4 is 11.7 Å². The second kappa shape index (κ2) is 19.2. The van der Waals surface area contributed by atoms with Crippen molar-refractivity contribution in [2.75, 3.05) is 32.9 Å². The molecular weight excluding hydrogens is 554 g/mol. The Morgan fingerprint density at radius 2 is 1.36 bits per heavy atom. The molecular formula is C29H53NO12. The second-order valence-corrected chi connectivity index (χ2v) is 11.7. The average molecular weight is 608 g/mol. The first-order valence-electron chi connectivity index (χ1n) is 15.3. The third-order valence-corrected chi connectivity index (χ3v) is 8.21. The Balaban J connectivity index is 1.83. The van der Waals surface area contributed by atoms with Gasteiger partial charge in [-0.05, 0) is 39.5 Å². The predicted octanol–water partition coefficient (Wildman–Crippen LogP) is -0.761. The number of ketones is 1. The van der Waals surface area contributed by atoms with Crippen LogP contribution in [-0.2, 0) is 23.8 Å². The number of carbonyl (C=O) groups is 2. The minimum Gasteiger partial charge on any atom is -0.396 e. The summed E-state index contributed by atoms with van der Waals surface area (Å²) in [6.45, 7) is 3.49. The van der Waals surface area contributed by atoms with Crippen LogP contribution < -0.4 is 0 Å². The summed E-state index contributed by atoms with van der Waals surface area (Å²) < 4.78 is 16.8. The van der Waals surface area contributed by atoms with Gasteiger partial charge < -0.3 is 59.7 Å². The Bertz CT molecular complexity index is 786. The number of ether oxygens (including phenoxy) is 3. The van der Waals surface area contributed by atoms with Crippen LogP contribution in [0.15, 0.2) is 0 Å². The Morgan fingerprint density at radius 3 is 2.00 bits per heavy atom. The molecule has 1 amide bonds. The number of nitrogens with zero attached hydrogens (tertiary/aromatic N) is 1. The quantitative estimate of drug-likeness (QED) is 0.0905. The molecule has 0 radical (unpaired) electrons. The van der Waals surface area contributed by atoms with Gasteiger partial charge in [0.1, 0.15) is 36.3 Å². The van der Waals surface area contributed by atoms with Crippen LogP contribution in [0, 0.1) is 5.92 Å². The van der Waals surface area contributed by atoms with Crippen LogP contribution in [0.1, 0.15) is 78.1 Å². The lowest BCUT2D eigenvalue weighted by Crippen LogP contribution is -2.57. The number of hydrogen-bond donors (Lipinski definition) is 7. The third-order valence-electron chi connectivity index (χ3n) is 8.21. The fourth-order valence-corrected chi connectivity index (χ4v) is 5.42. The number of amides is 1. The van der Waals surface area contributed by atoms with E-state index in [1.807, 2.05) is 0 Å². The Labute approximate surface area is 248 Å². The van der Waals surface area contributed by atoms with E-state index in [4.69, 9.17) is 14.2 Å². The highest BCUT2D eigenvalue weighted by molar-refractivity contribution is 5.76. The topological polar surface area (TPSA) is 207 Å². The van der Waals surface area contributed by atoms with Crippen LogP contribution in [0.5, 0.6) is 0 Å². The zero-order valence-electron chi connectivity index (χ0n) is 25.0. The van der Waals surface area contributed by atoms with Gasteiger partial charge >= 0.3 is 0 Å². The summed E-state index contributed by atoms with van der Waals surface area (Å²) in [7, 11) is 0. The highest BCUT2D eigenvalue weighted by Crippen LogP contribution is 2.28. The number of hydrogen-bond acceptors (Lipinski definition) is 12. The van der Waals surface area contributed by atoms with Gasteiger partial charge in [0.2, 0.25) is 5.91 Å². The van der Waals surface area contributed by atoms with Crippen molar-refractivity contribution in [2.45, 2.75) is 133 Å². The van der Waals surface area contributed by atoms with Crippen LogP contribution >= 0.6 is 0 Å². The molecule has 13 nitrogen and oxygen atoms in total. The van der Waals surface area contributed by atoms with E-state index in [0.29, 0.717) is 32.2 Å². The highest BCUT2D eigenvalue weighted by atomic mass is 16.7. The fraction of sp³-hybridized carbons (Fsp3) is 0.931. The lowest BCUT2D eigenvalue weighted by molar-refractivity contribution is -0.293. The molecule has 0 unspecified atom stereocenters. The minimum atomic E-state index is -1.44. The molecule has 2 aliphatic rings. The first kappa shape index (κ1) is 36.9. The molecule has 0 bridgehead atoms. The maximum absolute atomic E-state index is 13.1. The molecule has 13 heteroatoms. The van der Waals surface area contributed by atoms with Gasteiger partial charge in [-0.1, -0.05) is 25.7 Å². The maximum atomic E-state index is 13.1. The van der Waals surface area contributed by atoms with Crippen molar-refractivity contribution in [1.82, 2.24) is 4.90 Å². The van der Waals surface area contributed by atoms with Gasteiger partial charge in [-0.25, -0.2) is 0 Å². The zero-order chi connectivity index (χ0) is 31.2. The van der Waals surface area contributed by atoms with E-state index >= 15 is 0 Å². The SMILES string of the molecule is CC(=O)CCCCCCCCC(=O)N(CCCO[C@H]1C[C@H](CO)[C@@H](O)[C@H](O)[C@@H]1O)CCO[C@@H]1O[C@@H](C)[C@@H](O)[C@@H](O)[C@@H]1O. The third kappa shape index (κ3) is 11.7. The largest absolute Gasteiger partial charge is 0.396 e. The number of carbonyl (C=O) groups excluding carboxylic acids is 2. The average Bonchev–Trinajstić information content (AvgIpc) is 2.96. The summed E-state index contributed by atoms with van der Waals surface area (Å²) in [4.78, 5) is 25.7. The lowest BCUT2D eigenvalue weighted by Gasteiger charge is -2.39. The maximum Gasteiger partial charge on any atom is 0.222 e. The number of Topliss-reactive ketones (excluding diaryl/α,β-unsaturated/α-hetero) is 1. The molecule has 246 valence electrons. The molecule has 10 atom stereocenters. The van der Waals surface area contributed by atoms with E-state index in [-0.39, 0.29) is 44.5 Å². The summed E-state index contributed by atoms with van der Waals surface area (Å²) in [6.07, 6.45) is -3.74. The first-order valence-corrected chi connectivity index (χ1v) is 15.3. The van der Waals surface area contributed by atoms with Gasteiger partial charge in [0.15, 0.2) is 6.29 Å². The Hall–Kier alpha value is -1.26. The van der Waals surface area contributed by atoms with E-state index in [0.717, 1.165) is 32.1 Å². The monoisotopic (exact) mass is 607 g/mol. The highest BCUT2D eigenvalue weighted by Gasteiger charge is 2.43. The van der Waals surface area contributed by atoms with Gasteiger partial charge in [0.05, 0.1) is 24.9 Å². The molecule has 2 fully saturated rings. The lowest BCUT2D eigenvalue weighted by atomic mass is 9.81. The molecule has 0 aromatic carbocycles. The zero-order valence-corrected chi connectivity index (χ0v) is 25.0. The number of aliphatic hydroxyl groups excluding tert-OH is 7. The van der Waals surface area contributed by atoms with Gasteiger partial charge in [-0.15, -0.1) is 0 Å². The van der Waals surface area contributed by atoms with E-state index in [2.05, 4.69) is 0 Å². The van der Waals surface area contributed by atoms with Crippen molar-refractivity contribution in [3.63, 3.8) is 0 Å². The van der Waals surface area contributed by atoms with Crippen LogP contribution in [0.4, 0.5) is 0 Å². The molecule has 1 aliphatic heterocycles. The Morgan fingerprint density at radius 1 is 0.738 bits per heavy atom. The van der Waals surface area contributed by atoms with Crippen molar-refractivity contribution in [3.8, 4) is 0 Å². The molecule has 0 aromatic rings. The number of rotatable bonds is 19. The van der Waals surface area contributed by atoms with E-state index < -0.39 is 61.0 Å². The molecule has 42 heavy (non-hydrogen) atoms. The summed E-state index contributed by atoms with van der Waals surface area (Å²) >= 11 is 0. The number of unbranched alkanes of at least 4 members (excludes halogenated alkanes) is 5. The molecule has 7 N–H and O–H groups in total. The molecule has 1 heterocycles. The van der Waals surface area contributed by atoms with Crippen LogP contribution in [0.2, 0.25) is 0 Å². The first-order chi connectivity index (χ1) is 20.0. The van der Waals surface area contributed by atoms with Crippen LogP contribution in [0.25, 0.3) is 0 Å². The second-order valence-electron chi connectivity index (χ2n) is 11.7. The predicted molar refractivity (Wildman–Crippen MR) is 150 cm³/mol. The molecule has 1 saturated heterocycles. The van der Waals surface area contributed by atoms with Gasteiger partial charge in [-0.3, -0.25) is 4.79 Å². The standard InChI is InChI=1S/C29H53NO12/c1-18(32)10-7-5-3-4-6-8-11-22(33)30(13-15-41-29-28(39)26(37)23(34)19(2)42-29)12-9-14-40-21-16-20(17-31)24(35)27(38)25(21)36/h19-21,23-29,31,34-39H,3-17H2,1-2H3/t19-,20+,21-,23+,24+,25+,26+,27-,28-,29+/m0/s1. The minimum absolute atomic E-state index is 0.0175. The van der Waals surface area contributed by atoms with E-state index in [9.17, 15) is 45.3 Å². The summed E-state index contributed by atoms with van der Waals surface area (Å²) in [5, 5.41) is 69.9.